The van der Waals surface area contributed by atoms with Crippen LogP contribution in [-0.4, -0.2) is 96.8 Å². The number of carboxylic acid groups (broad SMARTS) is 6. The Balaban J connectivity index is -0.000000159. The topological polar surface area (TPSA) is 322 Å². The molecule has 0 amide bonds. The fourth-order valence-corrected chi connectivity index (χ4v) is 0.714. The SMILES string of the molecule is NCC(=O)O.NCC(=O)O.NCC(=O)O.O=C(O)CC(O)(CC(=O)O)C(=O)O. The minimum Gasteiger partial charge on any atom is -0.481 e. The van der Waals surface area contributed by atoms with Crippen LogP contribution in [0.2, 0.25) is 0 Å². The van der Waals surface area contributed by atoms with Gasteiger partial charge >= 0.3 is 35.8 Å². The van der Waals surface area contributed by atoms with Gasteiger partial charge in [0, 0.05) is 0 Å². The molecule has 0 unspecified atom stereocenters. The van der Waals surface area contributed by atoms with Crippen molar-refractivity contribution < 1.29 is 64.5 Å². The van der Waals surface area contributed by atoms with Crippen LogP contribution in [0.4, 0.5) is 0 Å². The summed E-state index contributed by atoms with van der Waals surface area (Å²) in [6, 6.07) is 0. The summed E-state index contributed by atoms with van der Waals surface area (Å²) >= 11 is 0. The van der Waals surface area contributed by atoms with Crippen molar-refractivity contribution in [1.29, 1.82) is 0 Å². The lowest BCUT2D eigenvalue weighted by Gasteiger charge is -2.18. The van der Waals surface area contributed by atoms with E-state index in [0.717, 1.165) is 0 Å². The number of aliphatic carboxylic acids is 6. The highest BCUT2D eigenvalue weighted by atomic mass is 16.4. The van der Waals surface area contributed by atoms with E-state index in [-0.39, 0.29) is 19.6 Å². The molecule has 28 heavy (non-hydrogen) atoms. The van der Waals surface area contributed by atoms with E-state index in [2.05, 4.69) is 17.2 Å². The van der Waals surface area contributed by atoms with Crippen LogP contribution < -0.4 is 17.2 Å². The van der Waals surface area contributed by atoms with E-state index >= 15 is 0 Å². The smallest absolute Gasteiger partial charge is 0.336 e. The zero-order chi connectivity index (χ0) is 23.5. The molecule has 0 saturated heterocycles. The monoisotopic (exact) mass is 417 g/mol. The Hall–Kier alpha value is -3.34. The summed E-state index contributed by atoms with van der Waals surface area (Å²) in [6.07, 6.45) is -2.29. The maximum absolute atomic E-state index is 10.3. The minimum absolute atomic E-state index is 0.278. The quantitative estimate of drug-likeness (QED) is 0.179. The van der Waals surface area contributed by atoms with Gasteiger partial charge in [0.05, 0.1) is 32.5 Å². The zero-order valence-electron chi connectivity index (χ0n) is 14.3. The third-order valence-electron chi connectivity index (χ3n) is 1.81. The summed E-state index contributed by atoms with van der Waals surface area (Å²) in [4.78, 5) is 58.2. The Morgan fingerprint density at radius 2 is 0.714 bits per heavy atom. The van der Waals surface area contributed by atoms with Crippen LogP contribution in [0.5, 0.6) is 0 Å². The molecule has 0 fully saturated rings. The summed E-state index contributed by atoms with van der Waals surface area (Å²) in [5.74, 6) is -7.92. The summed E-state index contributed by atoms with van der Waals surface area (Å²) in [5.41, 5.74) is 11.0. The lowest BCUT2D eigenvalue weighted by molar-refractivity contribution is -0.170. The summed E-state index contributed by atoms with van der Waals surface area (Å²) in [7, 11) is 0. The Morgan fingerprint density at radius 3 is 0.786 bits per heavy atom. The fourth-order valence-electron chi connectivity index (χ4n) is 0.714. The van der Waals surface area contributed by atoms with Gasteiger partial charge in [-0.2, -0.15) is 0 Å². The largest absolute Gasteiger partial charge is 0.481 e. The maximum atomic E-state index is 10.3. The summed E-state index contributed by atoms with van der Waals surface area (Å²) in [6.45, 7) is -0.833. The zero-order valence-corrected chi connectivity index (χ0v) is 14.3. The van der Waals surface area contributed by atoms with Gasteiger partial charge in [-0.25, -0.2) is 4.79 Å². The molecule has 0 aliphatic heterocycles. The molecular weight excluding hydrogens is 394 g/mol. The van der Waals surface area contributed by atoms with Crippen LogP contribution in [0.25, 0.3) is 0 Å². The average molecular weight is 417 g/mol. The molecule has 13 N–H and O–H groups in total. The van der Waals surface area contributed by atoms with E-state index in [0.29, 0.717) is 0 Å². The predicted molar refractivity (Wildman–Crippen MR) is 87.2 cm³/mol. The van der Waals surface area contributed by atoms with Gasteiger partial charge in [-0.05, 0) is 0 Å². The van der Waals surface area contributed by atoms with Gasteiger partial charge in [0.15, 0.2) is 5.60 Å². The third kappa shape index (κ3) is 30.5. The number of nitrogens with two attached hydrogens (primary N) is 3. The number of hydrogen-bond acceptors (Lipinski definition) is 10. The van der Waals surface area contributed by atoms with E-state index in [9.17, 15) is 28.8 Å². The molecule has 0 aliphatic rings. The van der Waals surface area contributed by atoms with E-state index in [1.165, 1.54) is 0 Å². The Labute approximate surface area is 156 Å². The number of carboxylic acids is 6. The molecule has 16 nitrogen and oxygen atoms in total. The molecule has 0 aromatic rings. The molecule has 0 atom stereocenters. The highest BCUT2D eigenvalue weighted by molar-refractivity contribution is 5.88. The number of rotatable bonds is 8. The standard InChI is InChI=1S/C6H8O7.3C2H5NO2/c7-3(8)1-6(13,5(11)12)2-4(9)10;3*3-1-2(4)5/h13H,1-2H2,(H,7,8)(H,9,10)(H,11,12);3*1,3H2,(H,4,5). The molecule has 0 radical (unpaired) electrons. The first kappa shape index (κ1) is 32.3. The van der Waals surface area contributed by atoms with Crippen LogP contribution >= 0.6 is 0 Å². The van der Waals surface area contributed by atoms with Crippen LogP contribution in [0.1, 0.15) is 12.8 Å². The summed E-state index contributed by atoms with van der Waals surface area (Å²) < 4.78 is 0. The molecule has 0 heterocycles. The molecular formula is C12H23N3O13. The highest BCUT2D eigenvalue weighted by Gasteiger charge is 2.40. The highest BCUT2D eigenvalue weighted by Crippen LogP contribution is 2.15. The van der Waals surface area contributed by atoms with Gasteiger partial charge in [-0.3, -0.25) is 24.0 Å². The van der Waals surface area contributed by atoms with Crippen molar-refractivity contribution in [3.8, 4) is 0 Å². The predicted octanol–water partition coefficient (Wildman–Crippen LogP) is -4.16. The molecule has 0 saturated carbocycles. The third-order valence-corrected chi connectivity index (χ3v) is 1.81. The first-order valence-electron chi connectivity index (χ1n) is 6.74. The lowest BCUT2D eigenvalue weighted by atomic mass is 9.96. The van der Waals surface area contributed by atoms with Crippen molar-refractivity contribution in [2.75, 3.05) is 19.6 Å². The molecule has 0 spiro atoms. The minimum atomic E-state index is -2.74. The summed E-state index contributed by atoms with van der Waals surface area (Å²) in [5, 5.41) is 56.6. The maximum Gasteiger partial charge on any atom is 0.336 e. The van der Waals surface area contributed by atoms with Crippen LogP contribution in [0.15, 0.2) is 0 Å². The molecule has 164 valence electrons. The van der Waals surface area contributed by atoms with Crippen LogP contribution in [0.3, 0.4) is 0 Å². The van der Waals surface area contributed by atoms with Gasteiger partial charge in [0.2, 0.25) is 0 Å². The number of hydrogen-bond donors (Lipinski definition) is 10. The Kier molecular flexibility index (Phi) is 21.3. The molecule has 0 aliphatic carbocycles. The van der Waals surface area contributed by atoms with Crippen molar-refractivity contribution in [1.82, 2.24) is 0 Å². The average Bonchev–Trinajstić information content (AvgIpc) is 2.54. The van der Waals surface area contributed by atoms with E-state index < -0.39 is 54.3 Å². The number of aliphatic hydroxyl groups is 1. The number of carbonyl (C=O) groups is 6. The Bertz CT molecular complexity index is 486. The second-order valence-corrected chi connectivity index (χ2v) is 4.27. The van der Waals surface area contributed by atoms with Crippen molar-refractivity contribution in [2.45, 2.75) is 18.4 Å². The first-order chi connectivity index (χ1) is 12.6. The van der Waals surface area contributed by atoms with Gasteiger partial charge in [0.25, 0.3) is 0 Å². The molecule has 0 rings (SSSR count). The van der Waals surface area contributed by atoms with Gasteiger partial charge in [-0.15, -0.1) is 0 Å². The lowest BCUT2D eigenvalue weighted by Crippen LogP contribution is -2.42. The van der Waals surface area contributed by atoms with E-state index in [4.69, 9.17) is 35.7 Å². The molecule has 0 aromatic carbocycles. The Morgan fingerprint density at radius 1 is 0.536 bits per heavy atom. The van der Waals surface area contributed by atoms with Gasteiger partial charge in [0.1, 0.15) is 0 Å². The van der Waals surface area contributed by atoms with E-state index in [1.54, 1.807) is 0 Å². The normalized spacial score (nSPS) is 9.00. The van der Waals surface area contributed by atoms with Crippen molar-refractivity contribution >= 4 is 35.8 Å². The van der Waals surface area contributed by atoms with Crippen molar-refractivity contribution in [3.63, 3.8) is 0 Å². The fraction of sp³-hybridized carbons (Fsp3) is 0.500. The van der Waals surface area contributed by atoms with Crippen LogP contribution in [0, 0.1) is 0 Å². The first-order valence-corrected chi connectivity index (χ1v) is 6.74. The van der Waals surface area contributed by atoms with Crippen LogP contribution in [-0.2, 0) is 28.8 Å². The van der Waals surface area contributed by atoms with Crippen molar-refractivity contribution in [2.24, 2.45) is 17.2 Å². The second-order valence-electron chi connectivity index (χ2n) is 4.27. The molecule has 16 heteroatoms. The van der Waals surface area contributed by atoms with E-state index in [1.807, 2.05) is 0 Å². The second kappa shape index (κ2) is 18.5. The molecule has 0 aromatic heterocycles. The van der Waals surface area contributed by atoms with Gasteiger partial charge in [-0.1, -0.05) is 0 Å². The van der Waals surface area contributed by atoms with Crippen molar-refractivity contribution in [3.05, 3.63) is 0 Å². The molecule has 0 bridgehead atoms. The van der Waals surface area contributed by atoms with Gasteiger partial charge < -0.3 is 52.9 Å².